The van der Waals surface area contributed by atoms with Crippen molar-refractivity contribution in [3.8, 4) is 5.69 Å². The zero-order chi connectivity index (χ0) is 20.8. The highest BCUT2D eigenvalue weighted by Gasteiger charge is 2.12. The molecule has 0 unspecified atom stereocenters. The third-order valence-corrected chi connectivity index (χ3v) is 5.01. The molecule has 0 aliphatic rings. The number of tetrazole rings is 1. The minimum Gasteiger partial charge on any atom is -0.465 e. The van der Waals surface area contributed by atoms with Crippen molar-refractivity contribution < 1.29 is 14.3 Å². The summed E-state index contributed by atoms with van der Waals surface area (Å²) in [6.45, 7) is 4.39. The molecule has 0 radical (unpaired) electrons. The van der Waals surface area contributed by atoms with Gasteiger partial charge in [0.25, 0.3) is 0 Å². The summed E-state index contributed by atoms with van der Waals surface area (Å²) in [5, 5.41) is 15.2. The molecule has 0 atom stereocenters. The van der Waals surface area contributed by atoms with Crippen LogP contribution in [0.15, 0.2) is 47.6 Å². The first-order chi connectivity index (χ1) is 14.0. The van der Waals surface area contributed by atoms with Crippen molar-refractivity contribution in [2.45, 2.75) is 25.5 Å². The van der Waals surface area contributed by atoms with Gasteiger partial charge in [0.15, 0.2) is 0 Å². The van der Waals surface area contributed by atoms with Gasteiger partial charge in [-0.15, -0.1) is 5.10 Å². The molecule has 1 N–H and O–H groups in total. The van der Waals surface area contributed by atoms with Crippen molar-refractivity contribution in [3.63, 3.8) is 0 Å². The lowest BCUT2D eigenvalue weighted by molar-refractivity contribution is -0.118. The van der Waals surface area contributed by atoms with Gasteiger partial charge >= 0.3 is 5.97 Å². The molecular formula is C20H21N5O3S. The van der Waals surface area contributed by atoms with Gasteiger partial charge in [-0.2, -0.15) is 4.68 Å². The number of aryl methyl sites for hydroxylation is 2. The summed E-state index contributed by atoms with van der Waals surface area (Å²) in [7, 11) is 1.34. The Morgan fingerprint density at radius 2 is 1.79 bits per heavy atom. The number of carbonyl (C=O) groups is 2. The van der Waals surface area contributed by atoms with Crippen molar-refractivity contribution in [1.29, 1.82) is 0 Å². The summed E-state index contributed by atoms with van der Waals surface area (Å²) < 4.78 is 6.30. The first kappa shape index (κ1) is 20.5. The maximum Gasteiger partial charge on any atom is 0.337 e. The molecule has 0 spiro atoms. The van der Waals surface area contributed by atoms with Crippen LogP contribution in [0.2, 0.25) is 0 Å². The molecule has 150 valence electrons. The average molecular weight is 411 g/mol. The first-order valence-corrected chi connectivity index (χ1v) is 9.88. The Morgan fingerprint density at radius 3 is 2.45 bits per heavy atom. The van der Waals surface area contributed by atoms with Crippen LogP contribution in [0.4, 0.5) is 0 Å². The number of aromatic nitrogens is 4. The molecule has 9 heteroatoms. The summed E-state index contributed by atoms with van der Waals surface area (Å²) in [4.78, 5) is 23.6. The predicted molar refractivity (Wildman–Crippen MR) is 109 cm³/mol. The monoisotopic (exact) mass is 411 g/mol. The van der Waals surface area contributed by atoms with Gasteiger partial charge in [0.05, 0.1) is 24.1 Å². The van der Waals surface area contributed by atoms with Crippen LogP contribution in [-0.2, 0) is 16.1 Å². The van der Waals surface area contributed by atoms with E-state index in [0.29, 0.717) is 17.3 Å². The fourth-order valence-corrected chi connectivity index (χ4v) is 3.48. The number of benzene rings is 2. The van der Waals surface area contributed by atoms with Crippen molar-refractivity contribution in [2.24, 2.45) is 0 Å². The number of amides is 1. The molecule has 0 saturated heterocycles. The average Bonchev–Trinajstić information content (AvgIpc) is 3.18. The van der Waals surface area contributed by atoms with Crippen molar-refractivity contribution in [3.05, 3.63) is 64.7 Å². The van der Waals surface area contributed by atoms with Gasteiger partial charge in [-0.1, -0.05) is 30.0 Å². The molecular weight excluding hydrogens is 390 g/mol. The second-order valence-corrected chi connectivity index (χ2v) is 7.42. The smallest absolute Gasteiger partial charge is 0.337 e. The molecule has 1 amide bonds. The maximum absolute atomic E-state index is 12.2. The quantitative estimate of drug-likeness (QED) is 0.471. The van der Waals surface area contributed by atoms with Gasteiger partial charge in [-0.3, -0.25) is 4.79 Å². The lowest BCUT2D eigenvalue weighted by Crippen LogP contribution is -2.24. The van der Waals surface area contributed by atoms with E-state index in [2.05, 4.69) is 31.6 Å². The number of thioether (sulfide) groups is 1. The Morgan fingerprint density at radius 1 is 1.10 bits per heavy atom. The lowest BCUT2D eigenvalue weighted by Gasteiger charge is -2.08. The molecule has 0 aliphatic carbocycles. The fraction of sp³-hybridized carbons (Fsp3) is 0.250. The Bertz CT molecular complexity index is 997. The first-order valence-electron chi connectivity index (χ1n) is 8.90. The molecule has 2 aromatic carbocycles. The molecule has 3 aromatic rings. The van der Waals surface area contributed by atoms with E-state index in [4.69, 9.17) is 0 Å². The maximum atomic E-state index is 12.2. The Balaban J connectivity index is 1.55. The third kappa shape index (κ3) is 5.41. The largest absolute Gasteiger partial charge is 0.465 e. The molecule has 0 aliphatic heterocycles. The standard InChI is InChI=1S/C20H21N5O3S/c1-13-8-14(2)10-17(9-13)25-20(22-23-24-25)29-12-18(26)21-11-15-4-6-16(7-5-15)19(27)28-3/h4-10H,11-12H2,1-3H3,(H,21,26). The number of methoxy groups -OCH3 is 1. The summed E-state index contributed by atoms with van der Waals surface area (Å²) in [5.74, 6) is -0.341. The number of ether oxygens (including phenoxy) is 1. The van der Waals surface area contributed by atoms with E-state index in [-0.39, 0.29) is 11.7 Å². The topological polar surface area (TPSA) is 99.0 Å². The number of rotatable bonds is 7. The molecule has 0 fully saturated rings. The number of carbonyl (C=O) groups excluding carboxylic acids is 2. The van der Waals surface area contributed by atoms with E-state index in [9.17, 15) is 9.59 Å². The van der Waals surface area contributed by atoms with Gasteiger partial charge in [-0.05, 0) is 65.2 Å². The summed E-state index contributed by atoms with van der Waals surface area (Å²) in [5.41, 5.74) is 4.44. The van der Waals surface area contributed by atoms with Crippen LogP contribution in [0.3, 0.4) is 0 Å². The number of esters is 1. The van der Waals surface area contributed by atoms with E-state index in [1.807, 2.05) is 26.0 Å². The molecule has 0 bridgehead atoms. The Labute approximate surface area is 172 Å². The normalized spacial score (nSPS) is 10.6. The fourth-order valence-electron chi connectivity index (χ4n) is 2.76. The van der Waals surface area contributed by atoms with Crippen LogP contribution in [0.25, 0.3) is 5.69 Å². The highest BCUT2D eigenvalue weighted by atomic mass is 32.2. The van der Waals surface area contributed by atoms with Gasteiger partial charge in [0.1, 0.15) is 0 Å². The molecule has 8 nitrogen and oxygen atoms in total. The van der Waals surface area contributed by atoms with Crippen molar-refractivity contribution >= 4 is 23.6 Å². The molecule has 1 heterocycles. The second-order valence-electron chi connectivity index (χ2n) is 6.47. The zero-order valence-electron chi connectivity index (χ0n) is 16.4. The summed E-state index contributed by atoms with van der Waals surface area (Å²) in [6, 6.07) is 12.9. The number of hydrogen-bond acceptors (Lipinski definition) is 7. The van der Waals surface area contributed by atoms with E-state index in [1.165, 1.54) is 18.9 Å². The molecule has 29 heavy (non-hydrogen) atoms. The van der Waals surface area contributed by atoms with Crippen LogP contribution in [0.5, 0.6) is 0 Å². The van der Waals surface area contributed by atoms with Crippen molar-refractivity contribution in [1.82, 2.24) is 25.5 Å². The van der Waals surface area contributed by atoms with Crippen molar-refractivity contribution in [2.75, 3.05) is 12.9 Å². The van der Waals surface area contributed by atoms with Gasteiger partial charge in [0, 0.05) is 6.54 Å². The Hall–Kier alpha value is -3.20. The summed E-state index contributed by atoms with van der Waals surface area (Å²) in [6.07, 6.45) is 0. The molecule has 1 aromatic heterocycles. The highest BCUT2D eigenvalue weighted by Crippen LogP contribution is 2.20. The van der Waals surface area contributed by atoms with Crippen LogP contribution >= 0.6 is 11.8 Å². The van der Waals surface area contributed by atoms with Crippen LogP contribution < -0.4 is 5.32 Å². The third-order valence-electron chi connectivity index (χ3n) is 4.09. The van der Waals surface area contributed by atoms with E-state index in [1.54, 1.807) is 28.9 Å². The minimum absolute atomic E-state index is 0.137. The zero-order valence-corrected chi connectivity index (χ0v) is 17.2. The van der Waals surface area contributed by atoms with E-state index in [0.717, 1.165) is 22.4 Å². The number of nitrogens with zero attached hydrogens (tertiary/aromatic N) is 4. The van der Waals surface area contributed by atoms with Crippen LogP contribution in [0, 0.1) is 13.8 Å². The van der Waals surface area contributed by atoms with Gasteiger partial charge in [0.2, 0.25) is 11.1 Å². The van der Waals surface area contributed by atoms with E-state index < -0.39 is 5.97 Å². The highest BCUT2D eigenvalue weighted by molar-refractivity contribution is 7.99. The lowest BCUT2D eigenvalue weighted by atomic mass is 10.1. The van der Waals surface area contributed by atoms with Crippen LogP contribution in [0.1, 0.15) is 27.0 Å². The predicted octanol–water partition coefficient (Wildman–Crippen LogP) is 2.47. The number of nitrogens with one attached hydrogen (secondary N) is 1. The van der Waals surface area contributed by atoms with Gasteiger partial charge in [-0.25, -0.2) is 4.79 Å². The van der Waals surface area contributed by atoms with Crippen LogP contribution in [-0.4, -0.2) is 44.9 Å². The van der Waals surface area contributed by atoms with E-state index >= 15 is 0 Å². The summed E-state index contributed by atoms with van der Waals surface area (Å²) >= 11 is 1.27. The second kappa shape index (κ2) is 9.33. The number of hydrogen-bond donors (Lipinski definition) is 1. The SMILES string of the molecule is COC(=O)c1ccc(CNC(=O)CSc2nnnn2-c2cc(C)cc(C)c2)cc1. The van der Waals surface area contributed by atoms with Gasteiger partial charge < -0.3 is 10.1 Å². The minimum atomic E-state index is -0.390. The molecule has 0 saturated carbocycles. The molecule has 3 rings (SSSR count). The Kier molecular flexibility index (Phi) is 6.61.